The first kappa shape index (κ1) is 24.9. The Hall–Kier alpha value is -3.36. The van der Waals surface area contributed by atoms with Gasteiger partial charge in [0.1, 0.15) is 5.78 Å². The van der Waals surface area contributed by atoms with E-state index in [9.17, 15) is 18.0 Å². The maximum Gasteiger partial charge on any atom is 0.269 e. The summed E-state index contributed by atoms with van der Waals surface area (Å²) in [7, 11) is -3.68. The zero-order valence-corrected chi connectivity index (χ0v) is 19.1. The standard InChI is InChI=1S/C23H23N3O4S.ClH/c1-16-6-12-22(13-7-16)31(29,30)26-21-10-8-20(9-11-21)24-25-23(28)19-5-3-4-18(15-19)14-17(2)27;/h3-13,15,24,26H,14H2,1-2H3,(H,25,28);1H/p-1. The van der Waals surface area contributed by atoms with Gasteiger partial charge in [0.2, 0.25) is 0 Å². The highest BCUT2D eigenvalue weighted by atomic mass is 35.5. The molecule has 32 heavy (non-hydrogen) atoms. The smallest absolute Gasteiger partial charge is 0.269 e. The molecule has 0 radical (unpaired) electrons. The van der Waals surface area contributed by atoms with Crippen molar-refractivity contribution < 1.29 is 30.4 Å². The van der Waals surface area contributed by atoms with Gasteiger partial charge in [-0.2, -0.15) is 0 Å². The predicted molar refractivity (Wildman–Crippen MR) is 120 cm³/mol. The Morgan fingerprint density at radius 1 is 0.875 bits per heavy atom. The van der Waals surface area contributed by atoms with Crippen LogP contribution in [0.2, 0.25) is 0 Å². The minimum absolute atomic E-state index is 0. The summed E-state index contributed by atoms with van der Waals surface area (Å²) < 4.78 is 27.4. The molecule has 0 spiro atoms. The van der Waals surface area contributed by atoms with E-state index in [1.165, 1.54) is 6.92 Å². The first-order chi connectivity index (χ1) is 14.7. The molecule has 0 aromatic heterocycles. The topological polar surface area (TPSA) is 104 Å². The number of hydrazine groups is 1. The Balaban J connectivity index is 0.00000363. The number of benzene rings is 3. The lowest BCUT2D eigenvalue weighted by molar-refractivity contribution is -0.116. The van der Waals surface area contributed by atoms with Gasteiger partial charge in [-0.15, -0.1) is 0 Å². The van der Waals surface area contributed by atoms with Crippen LogP contribution in [0.3, 0.4) is 0 Å². The number of ketones is 1. The minimum Gasteiger partial charge on any atom is -1.00 e. The van der Waals surface area contributed by atoms with Gasteiger partial charge in [-0.3, -0.25) is 25.2 Å². The molecule has 7 nitrogen and oxygen atoms in total. The molecule has 3 N–H and O–H groups in total. The Bertz CT molecular complexity index is 1190. The summed E-state index contributed by atoms with van der Waals surface area (Å²) in [4.78, 5) is 23.8. The molecule has 0 aliphatic carbocycles. The number of nitrogens with one attached hydrogen (secondary N) is 3. The van der Waals surface area contributed by atoms with Crippen LogP contribution in [0.4, 0.5) is 11.4 Å². The minimum atomic E-state index is -3.68. The first-order valence-electron chi connectivity index (χ1n) is 9.57. The number of halogens is 1. The quantitative estimate of drug-likeness (QED) is 0.418. The molecule has 0 unspecified atom stereocenters. The van der Waals surface area contributed by atoms with Gasteiger partial charge in [-0.1, -0.05) is 29.8 Å². The molecular weight excluding hydrogens is 450 g/mol. The molecule has 168 valence electrons. The van der Waals surface area contributed by atoms with Crippen molar-refractivity contribution in [2.24, 2.45) is 0 Å². The molecule has 0 saturated carbocycles. The Morgan fingerprint density at radius 2 is 1.50 bits per heavy atom. The Kier molecular flexibility index (Phi) is 8.40. The zero-order chi connectivity index (χ0) is 22.4. The van der Waals surface area contributed by atoms with Crippen LogP contribution in [-0.4, -0.2) is 20.1 Å². The maximum absolute atomic E-state index is 12.5. The van der Waals surface area contributed by atoms with Gasteiger partial charge in [0.25, 0.3) is 15.9 Å². The third kappa shape index (κ3) is 6.83. The van der Waals surface area contributed by atoms with E-state index in [-0.39, 0.29) is 35.4 Å². The van der Waals surface area contributed by atoms with Gasteiger partial charge < -0.3 is 12.4 Å². The number of anilines is 2. The molecule has 0 aliphatic heterocycles. The summed E-state index contributed by atoms with van der Waals surface area (Å²) >= 11 is 0. The molecular formula is C23H23ClN3O4S-. The van der Waals surface area contributed by atoms with Crippen molar-refractivity contribution in [2.75, 3.05) is 10.1 Å². The summed E-state index contributed by atoms with van der Waals surface area (Å²) in [5, 5.41) is 0. The maximum atomic E-state index is 12.5. The summed E-state index contributed by atoms with van der Waals surface area (Å²) in [6, 6.07) is 19.9. The number of hydrogen-bond donors (Lipinski definition) is 3. The lowest BCUT2D eigenvalue weighted by Gasteiger charge is -2.11. The first-order valence-corrected chi connectivity index (χ1v) is 11.1. The molecule has 1 amide bonds. The number of Topliss-reactive ketones (excluding diaryl/α,β-unsaturated/α-hetero) is 1. The monoisotopic (exact) mass is 472 g/mol. The van der Waals surface area contributed by atoms with Crippen LogP contribution in [0.15, 0.2) is 77.7 Å². The van der Waals surface area contributed by atoms with Crippen molar-refractivity contribution in [3.63, 3.8) is 0 Å². The van der Waals surface area contributed by atoms with Crippen molar-refractivity contribution in [3.05, 3.63) is 89.5 Å². The lowest BCUT2D eigenvalue weighted by atomic mass is 10.1. The second kappa shape index (κ2) is 10.8. The van der Waals surface area contributed by atoms with Crippen LogP contribution >= 0.6 is 0 Å². The van der Waals surface area contributed by atoms with Crippen LogP contribution in [0.1, 0.15) is 28.4 Å². The number of aryl methyl sites for hydroxylation is 1. The highest BCUT2D eigenvalue weighted by molar-refractivity contribution is 7.92. The number of carbonyl (C=O) groups is 2. The fourth-order valence-electron chi connectivity index (χ4n) is 2.86. The van der Waals surface area contributed by atoms with Gasteiger partial charge >= 0.3 is 0 Å². The number of amides is 1. The molecule has 0 saturated heterocycles. The normalized spacial score (nSPS) is 10.6. The largest absolute Gasteiger partial charge is 1.00 e. The summed E-state index contributed by atoms with van der Waals surface area (Å²) in [5.74, 6) is -0.330. The van der Waals surface area contributed by atoms with Crippen molar-refractivity contribution >= 4 is 33.1 Å². The Morgan fingerprint density at radius 3 is 2.12 bits per heavy atom. The number of rotatable bonds is 8. The van der Waals surface area contributed by atoms with Gasteiger partial charge in [0.05, 0.1) is 10.6 Å². The molecule has 3 aromatic carbocycles. The highest BCUT2D eigenvalue weighted by Gasteiger charge is 2.14. The van der Waals surface area contributed by atoms with Crippen LogP contribution < -0.4 is 28.0 Å². The average molecular weight is 473 g/mol. The molecule has 0 heterocycles. The van der Waals surface area contributed by atoms with Gasteiger partial charge in [0.15, 0.2) is 0 Å². The summed E-state index contributed by atoms with van der Waals surface area (Å²) in [6.07, 6.45) is 0.272. The number of sulfonamides is 1. The van der Waals surface area contributed by atoms with Crippen molar-refractivity contribution in [2.45, 2.75) is 25.2 Å². The second-order valence-electron chi connectivity index (χ2n) is 7.15. The van der Waals surface area contributed by atoms with E-state index in [2.05, 4.69) is 15.6 Å². The van der Waals surface area contributed by atoms with Gasteiger partial charge in [-0.25, -0.2) is 8.42 Å². The van der Waals surface area contributed by atoms with Crippen molar-refractivity contribution in [3.8, 4) is 0 Å². The van der Waals surface area contributed by atoms with Crippen LogP contribution in [0.25, 0.3) is 0 Å². The fraction of sp³-hybridized carbons (Fsp3) is 0.130. The van der Waals surface area contributed by atoms with E-state index in [0.717, 1.165) is 11.1 Å². The highest BCUT2D eigenvalue weighted by Crippen LogP contribution is 2.18. The van der Waals surface area contributed by atoms with E-state index in [4.69, 9.17) is 0 Å². The Labute approximate surface area is 193 Å². The summed E-state index contributed by atoms with van der Waals surface area (Å²) in [5.41, 5.74) is 8.51. The molecule has 0 bridgehead atoms. The number of hydrogen-bond acceptors (Lipinski definition) is 5. The van der Waals surface area contributed by atoms with Crippen LogP contribution in [0, 0.1) is 6.92 Å². The van der Waals surface area contributed by atoms with Crippen molar-refractivity contribution in [1.82, 2.24) is 5.43 Å². The van der Waals surface area contributed by atoms with Gasteiger partial charge in [-0.05, 0) is 67.9 Å². The van der Waals surface area contributed by atoms with E-state index in [1.54, 1.807) is 72.8 Å². The molecule has 0 fully saturated rings. The molecule has 3 rings (SSSR count). The molecule has 0 atom stereocenters. The predicted octanol–water partition coefficient (Wildman–Crippen LogP) is 0.688. The molecule has 9 heteroatoms. The molecule has 0 aliphatic rings. The van der Waals surface area contributed by atoms with Crippen LogP contribution in [-0.2, 0) is 21.2 Å². The third-order valence-electron chi connectivity index (χ3n) is 4.43. The second-order valence-corrected chi connectivity index (χ2v) is 8.84. The van der Waals surface area contributed by atoms with Gasteiger partial charge in [0, 0.05) is 17.7 Å². The van der Waals surface area contributed by atoms with E-state index in [1.807, 2.05) is 6.92 Å². The number of carbonyl (C=O) groups excluding carboxylic acids is 2. The fourth-order valence-corrected chi connectivity index (χ4v) is 3.92. The zero-order valence-electron chi connectivity index (χ0n) is 17.6. The lowest BCUT2D eigenvalue weighted by Crippen LogP contribution is -3.00. The van der Waals surface area contributed by atoms with Crippen molar-refractivity contribution in [1.29, 1.82) is 0 Å². The van der Waals surface area contributed by atoms with E-state index >= 15 is 0 Å². The third-order valence-corrected chi connectivity index (χ3v) is 5.83. The van der Waals surface area contributed by atoms with Crippen LogP contribution in [0.5, 0.6) is 0 Å². The SMILES string of the molecule is CC(=O)Cc1cccc(C(=O)NNc2ccc(NS(=O)(=O)c3ccc(C)cc3)cc2)c1.[Cl-]. The molecule has 3 aromatic rings. The van der Waals surface area contributed by atoms with E-state index < -0.39 is 10.0 Å². The summed E-state index contributed by atoms with van der Waals surface area (Å²) in [6.45, 7) is 3.38. The average Bonchev–Trinajstić information content (AvgIpc) is 2.73. The van der Waals surface area contributed by atoms with E-state index in [0.29, 0.717) is 16.9 Å².